The Bertz CT molecular complexity index is 1610. The van der Waals surface area contributed by atoms with Crippen LogP contribution in [0.1, 0.15) is 57.1 Å². The number of rotatable bonds is 6. The summed E-state index contributed by atoms with van der Waals surface area (Å²) in [5, 5.41) is 5.32. The first-order valence-electron chi connectivity index (χ1n) is 12.6. The Morgan fingerprint density at radius 1 is 1.05 bits per heavy atom. The molecule has 8 nitrogen and oxygen atoms in total. The fourth-order valence-electron chi connectivity index (χ4n) is 5.15. The molecule has 1 saturated carbocycles. The lowest BCUT2D eigenvalue weighted by atomic mass is 9.82. The van der Waals surface area contributed by atoms with Gasteiger partial charge >= 0.3 is 0 Å². The van der Waals surface area contributed by atoms with Crippen molar-refractivity contribution in [2.24, 2.45) is 5.73 Å². The van der Waals surface area contributed by atoms with Gasteiger partial charge < -0.3 is 11.5 Å². The molecular formula is C27H30F2N6O2S. The van der Waals surface area contributed by atoms with E-state index in [2.05, 4.69) is 9.71 Å². The van der Waals surface area contributed by atoms with Crippen molar-refractivity contribution in [3.63, 3.8) is 0 Å². The van der Waals surface area contributed by atoms with Gasteiger partial charge in [0.25, 0.3) is 10.0 Å². The number of hydrogen-bond acceptors (Lipinski definition) is 6. The summed E-state index contributed by atoms with van der Waals surface area (Å²) in [5.74, 6) is -1.13. The smallest absolute Gasteiger partial charge is 0.264 e. The normalized spacial score (nSPS) is 18.3. The largest absolute Gasteiger partial charge is 0.383 e. The number of hydrogen-bond donors (Lipinski definition) is 3. The third-order valence-corrected chi connectivity index (χ3v) is 8.50. The second-order valence-corrected chi connectivity index (χ2v) is 11.7. The van der Waals surface area contributed by atoms with Crippen LogP contribution in [-0.2, 0) is 10.0 Å². The molecule has 11 heteroatoms. The van der Waals surface area contributed by atoms with E-state index >= 15 is 4.39 Å². The predicted molar refractivity (Wildman–Crippen MR) is 144 cm³/mol. The van der Waals surface area contributed by atoms with E-state index in [1.54, 1.807) is 6.20 Å². The molecule has 0 aliphatic heterocycles. The molecule has 4 aromatic rings. The molecule has 1 aliphatic carbocycles. The van der Waals surface area contributed by atoms with Crippen molar-refractivity contribution in [2.75, 3.05) is 10.5 Å². The highest BCUT2D eigenvalue weighted by atomic mass is 32.2. The molecule has 0 radical (unpaired) electrons. The minimum absolute atomic E-state index is 0.0347. The van der Waals surface area contributed by atoms with E-state index in [0.29, 0.717) is 11.1 Å². The van der Waals surface area contributed by atoms with E-state index in [1.165, 1.54) is 24.3 Å². The van der Waals surface area contributed by atoms with E-state index in [0.717, 1.165) is 55.0 Å². The summed E-state index contributed by atoms with van der Waals surface area (Å²) < 4.78 is 59.0. The molecule has 0 unspecified atom stereocenters. The Morgan fingerprint density at radius 2 is 1.76 bits per heavy atom. The van der Waals surface area contributed by atoms with Crippen molar-refractivity contribution in [3.05, 3.63) is 65.9 Å². The number of benzene rings is 2. The van der Waals surface area contributed by atoms with Crippen LogP contribution in [0, 0.1) is 11.6 Å². The van der Waals surface area contributed by atoms with E-state index in [9.17, 15) is 12.8 Å². The highest BCUT2D eigenvalue weighted by Crippen LogP contribution is 2.41. The molecule has 2 aromatic carbocycles. The summed E-state index contributed by atoms with van der Waals surface area (Å²) in [4.78, 5) is 3.91. The summed E-state index contributed by atoms with van der Waals surface area (Å²) in [5.41, 5.74) is 14.7. The number of nitrogens with zero attached hydrogens (tertiary/aromatic N) is 3. The van der Waals surface area contributed by atoms with Crippen LogP contribution in [0.4, 0.5) is 20.3 Å². The Kier molecular flexibility index (Phi) is 6.83. The molecule has 2 aromatic heterocycles. The molecule has 200 valence electrons. The minimum atomic E-state index is -4.26. The fraction of sp³-hybridized carbons (Fsp3) is 0.333. The van der Waals surface area contributed by atoms with Crippen LogP contribution in [0.25, 0.3) is 22.2 Å². The molecule has 2 heterocycles. The van der Waals surface area contributed by atoms with Crippen molar-refractivity contribution in [2.45, 2.75) is 62.4 Å². The van der Waals surface area contributed by atoms with Crippen molar-refractivity contribution in [1.29, 1.82) is 0 Å². The van der Waals surface area contributed by atoms with Gasteiger partial charge in [0.1, 0.15) is 28.0 Å². The number of sulfonamides is 1. The number of anilines is 2. The first kappa shape index (κ1) is 26.1. The van der Waals surface area contributed by atoms with Crippen molar-refractivity contribution in [3.8, 4) is 11.3 Å². The zero-order valence-corrected chi connectivity index (χ0v) is 22.0. The number of pyridine rings is 1. The van der Waals surface area contributed by atoms with Crippen molar-refractivity contribution >= 4 is 32.4 Å². The van der Waals surface area contributed by atoms with Crippen LogP contribution in [0.3, 0.4) is 0 Å². The maximum Gasteiger partial charge on any atom is 0.264 e. The molecule has 5 N–H and O–H groups in total. The third kappa shape index (κ3) is 4.71. The third-order valence-electron chi connectivity index (χ3n) is 7.09. The first-order chi connectivity index (χ1) is 18.1. The Morgan fingerprint density at radius 3 is 2.42 bits per heavy atom. The van der Waals surface area contributed by atoms with Crippen molar-refractivity contribution < 1.29 is 17.2 Å². The first-order valence-corrected chi connectivity index (χ1v) is 14.0. The second kappa shape index (κ2) is 9.95. The average Bonchev–Trinajstić information content (AvgIpc) is 3.27. The van der Waals surface area contributed by atoms with E-state index in [-0.39, 0.29) is 35.1 Å². The van der Waals surface area contributed by atoms with Gasteiger partial charge in [-0.15, -0.1) is 0 Å². The number of aromatic nitrogens is 3. The van der Waals surface area contributed by atoms with Crippen LogP contribution in [0.15, 0.2) is 53.6 Å². The monoisotopic (exact) mass is 540 g/mol. The number of nitrogens with one attached hydrogen (secondary N) is 1. The zero-order valence-electron chi connectivity index (χ0n) is 21.2. The van der Waals surface area contributed by atoms with Gasteiger partial charge in [-0.3, -0.25) is 9.40 Å². The lowest BCUT2D eigenvalue weighted by molar-refractivity contribution is 0.395. The SMILES string of the molecule is CC(C)n1nc(-c2ccc(NS(=O)(=O)c3ccccc3F)cc2F)c2c(N)ncc(C3CCC(N)CC3)c21. The summed E-state index contributed by atoms with van der Waals surface area (Å²) >= 11 is 0. The standard InChI is InChI=1S/C27H30F2N6O2S/c1-15(2)35-26-20(16-7-9-17(30)10-8-16)14-32-27(31)24(26)25(33-35)19-12-11-18(13-22(19)29)34-38(36,37)23-6-4-3-5-21(23)28/h3-6,11-17,34H,7-10,30H2,1-2H3,(H2,31,32). The Labute approximate surface area is 220 Å². The van der Waals surface area contributed by atoms with E-state index < -0.39 is 26.6 Å². The summed E-state index contributed by atoms with van der Waals surface area (Å²) in [6, 6.07) is 9.03. The van der Waals surface area contributed by atoms with E-state index in [1.807, 2.05) is 18.5 Å². The summed E-state index contributed by atoms with van der Waals surface area (Å²) in [6.07, 6.45) is 5.47. The lowest BCUT2D eigenvalue weighted by Crippen LogP contribution is -2.26. The highest BCUT2D eigenvalue weighted by Gasteiger charge is 2.28. The molecule has 5 rings (SSSR count). The topological polar surface area (TPSA) is 129 Å². The molecular weight excluding hydrogens is 510 g/mol. The van der Waals surface area contributed by atoms with Crippen LogP contribution in [0.2, 0.25) is 0 Å². The van der Waals surface area contributed by atoms with Gasteiger partial charge in [-0.2, -0.15) is 5.10 Å². The van der Waals surface area contributed by atoms with Gasteiger partial charge in [-0.25, -0.2) is 22.2 Å². The van der Waals surface area contributed by atoms with Gasteiger partial charge in [0, 0.05) is 23.8 Å². The molecule has 0 bridgehead atoms. The molecule has 0 spiro atoms. The fourth-order valence-corrected chi connectivity index (χ4v) is 6.28. The minimum Gasteiger partial charge on any atom is -0.383 e. The maximum absolute atomic E-state index is 15.5. The molecule has 38 heavy (non-hydrogen) atoms. The number of nitrogens with two attached hydrogens (primary N) is 2. The quantitative estimate of drug-likeness (QED) is 0.303. The average molecular weight is 541 g/mol. The molecule has 0 amide bonds. The lowest BCUT2D eigenvalue weighted by Gasteiger charge is -2.27. The number of halogens is 2. The Balaban J connectivity index is 1.58. The Hall–Kier alpha value is -3.57. The van der Waals surface area contributed by atoms with Crippen LogP contribution >= 0.6 is 0 Å². The van der Waals surface area contributed by atoms with E-state index in [4.69, 9.17) is 16.6 Å². The highest BCUT2D eigenvalue weighted by molar-refractivity contribution is 7.92. The number of fused-ring (bicyclic) bond motifs is 1. The van der Waals surface area contributed by atoms with Crippen LogP contribution in [-0.4, -0.2) is 29.2 Å². The molecule has 0 saturated heterocycles. The van der Waals surface area contributed by atoms with Gasteiger partial charge in [-0.05, 0) is 81.3 Å². The molecule has 1 aliphatic rings. The predicted octanol–water partition coefficient (Wildman–Crippen LogP) is 5.33. The van der Waals surface area contributed by atoms with Crippen molar-refractivity contribution in [1.82, 2.24) is 14.8 Å². The molecule has 0 atom stereocenters. The second-order valence-electron chi connectivity index (χ2n) is 10.1. The van der Waals surface area contributed by atoms with Gasteiger partial charge in [0.05, 0.1) is 16.6 Å². The van der Waals surface area contributed by atoms with Gasteiger partial charge in [0.15, 0.2) is 0 Å². The van der Waals surface area contributed by atoms with Crippen LogP contribution in [0.5, 0.6) is 0 Å². The summed E-state index contributed by atoms with van der Waals surface area (Å²) in [6.45, 7) is 3.98. The summed E-state index contributed by atoms with van der Waals surface area (Å²) in [7, 11) is -4.26. The molecule has 1 fully saturated rings. The maximum atomic E-state index is 15.5. The van der Waals surface area contributed by atoms with Gasteiger partial charge in [0.2, 0.25) is 0 Å². The van der Waals surface area contributed by atoms with Crippen LogP contribution < -0.4 is 16.2 Å². The zero-order chi connectivity index (χ0) is 27.2. The number of nitrogen functional groups attached to an aromatic ring is 1. The van der Waals surface area contributed by atoms with Gasteiger partial charge in [-0.1, -0.05) is 12.1 Å².